The lowest BCUT2D eigenvalue weighted by molar-refractivity contribution is -0.138. The third kappa shape index (κ3) is 2.36. The van der Waals surface area contributed by atoms with E-state index in [1.54, 1.807) is 15.8 Å². The summed E-state index contributed by atoms with van der Waals surface area (Å²) in [6.45, 7) is 2.22. The molecule has 0 unspecified atom stereocenters. The van der Waals surface area contributed by atoms with Gasteiger partial charge in [0.15, 0.2) is 0 Å². The van der Waals surface area contributed by atoms with Crippen LogP contribution in [0.5, 0.6) is 0 Å². The van der Waals surface area contributed by atoms with Crippen molar-refractivity contribution >= 4 is 5.91 Å². The Labute approximate surface area is 88.3 Å². The fourth-order valence-corrected chi connectivity index (χ4v) is 1.69. The van der Waals surface area contributed by atoms with Crippen molar-refractivity contribution in [1.82, 2.24) is 14.7 Å². The van der Waals surface area contributed by atoms with E-state index in [-0.39, 0.29) is 12.5 Å². The van der Waals surface area contributed by atoms with Crippen LogP contribution in [0.25, 0.3) is 0 Å². The van der Waals surface area contributed by atoms with Gasteiger partial charge < -0.3 is 10.0 Å². The number of aliphatic hydroxyl groups is 1. The van der Waals surface area contributed by atoms with Crippen molar-refractivity contribution in [2.24, 2.45) is 5.92 Å². The molecule has 15 heavy (non-hydrogen) atoms. The number of hydrogen-bond donors (Lipinski definition) is 1. The third-order valence-electron chi connectivity index (χ3n) is 2.68. The van der Waals surface area contributed by atoms with E-state index in [2.05, 4.69) is 5.10 Å². The second-order valence-corrected chi connectivity index (χ2v) is 3.87. The Morgan fingerprint density at radius 3 is 2.93 bits per heavy atom. The van der Waals surface area contributed by atoms with Crippen LogP contribution in [0, 0.1) is 5.92 Å². The number of carbonyl (C=O) groups excluding carboxylic acids is 1. The highest BCUT2D eigenvalue weighted by atomic mass is 16.3. The minimum absolute atomic E-state index is 0.148. The smallest absolute Gasteiger partial charge is 0.224 e. The Morgan fingerprint density at radius 1 is 1.53 bits per heavy atom. The normalized spacial score (nSPS) is 16.5. The topological polar surface area (TPSA) is 58.4 Å². The first-order valence-corrected chi connectivity index (χ1v) is 5.15. The fraction of sp³-hybridized carbons (Fsp3) is 0.600. The predicted molar refractivity (Wildman–Crippen MR) is 54.0 cm³/mol. The van der Waals surface area contributed by atoms with Crippen LogP contribution in [0.4, 0.5) is 0 Å². The molecule has 0 aromatic carbocycles. The number of carbonyl (C=O) groups is 1. The molecule has 0 saturated carbocycles. The Morgan fingerprint density at radius 2 is 2.33 bits per heavy atom. The molecule has 1 fully saturated rings. The lowest BCUT2D eigenvalue weighted by Crippen LogP contribution is -2.51. The Kier molecular flexibility index (Phi) is 3.01. The molecule has 1 amide bonds. The number of hydrogen-bond acceptors (Lipinski definition) is 3. The zero-order valence-corrected chi connectivity index (χ0v) is 8.54. The van der Waals surface area contributed by atoms with Crippen molar-refractivity contribution in [3.8, 4) is 0 Å². The molecule has 1 saturated heterocycles. The monoisotopic (exact) mass is 209 g/mol. The summed E-state index contributed by atoms with van der Waals surface area (Å²) >= 11 is 0. The molecule has 1 aromatic rings. The van der Waals surface area contributed by atoms with Crippen molar-refractivity contribution in [3.63, 3.8) is 0 Å². The first-order chi connectivity index (χ1) is 7.29. The van der Waals surface area contributed by atoms with E-state index < -0.39 is 0 Å². The van der Waals surface area contributed by atoms with Crippen LogP contribution in [0.2, 0.25) is 0 Å². The van der Waals surface area contributed by atoms with Gasteiger partial charge in [0.2, 0.25) is 5.91 Å². The van der Waals surface area contributed by atoms with E-state index in [4.69, 9.17) is 5.11 Å². The molecule has 5 heteroatoms. The highest BCUT2D eigenvalue weighted by molar-refractivity contribution is 5.76. The SMILES string of the molecule is O=C(CCn1cccn1)N1CC(CO)C1. The standard InChI is InChI=1S/C10H15N3O2/c14-8-9-6-12(7-9)10(15)2-5-13-4-1-3-11-13/h1,3-4,9,14H,2,5-8H2. The third-order valence-corrected chi connectivity index (χ3v) is 2.68. The average molecular weight is 209 g/mol. The molecule has 0 aliphatic carbocycles. The van der Waals surface area contributed by atoms with Crippen molar-refractivity contribution in [2.75, 3.05) is 19.7 Å². The van der Waals surface area contributed by atoms with Gasteiger partial charge in [0, 0.05) is 51.0 Å². The lowest BCUT2D eigenvalue weighted by Gasteiger charge is -2.38. The quantitative estimate of drug-likeness (QED) is 0.742. The molecule has 1 aliphatic heterocycles. The van der Waals surface area contributed by atoms with Gasteiger partial charge >= 0.3 is 0 Å². The molecule has 2 heterocycles. The van der Waals surface area contributed by atoms with Crippen LogP contribution in [0.1, 0.15) is 6.42 Å². The van der Waals surface area contributed by atoms with Gasteiger partial charge in [-0.05, 0) is 6.07 Å². The second-order valence-electron chi connectivity index (χ2n) is 3.87. The molecule has 2 rings (SSSR count). The Bertz CT molecular complexity index is 317. The molecular formula is C10H15N3O2. The van der Waals surface area contributed by atoms with Gasteiger partial charge in [0.05, 0.1) is 0 Å². The van der Waals surface area contributed by atoms with E-state index in [0.29, 0.717) is 32.0 Å². The van der Waals surface area contributed by atoms with E-state index in [1.165, 1.54) is 0 Å². The van der Waals surface area contributed by atoms with Crippen molar-refractivity contribution in [2.45, 2.75) is 13.0 Å². The minimum Gasteiger partial charge on any atom is -0.396 e. The van der Waals surface area contributed by atoms with E-state index in [1.807, 2.05) is 12.3 Å². The summed E-state index contributed by atoms with van der Waals surface area (Å²) in [6.07, 6.45) is 4.04. The second kappa shape index (κ2) is 4.44. The summed E-state index contributed by atoms with van der Waals surface area (Å²) in [7, 11) is 0. The van der Waals surface area contributed by atoms with Crippen LogP contribution in [0.15, 0.2) is 18.5 Å². The summed E-state index contributed by atoms with van der Waals surface area (Å²) < 4.78 is 1.75. The molecule has 0 bridgehead atoms. The fourth-order valence-electron chi connectivity index (χ4n) is 1.69. The van der Waals surface area contributed by atoms with Gasteiger partial charge in [-0.3, -0.25) is 9.48 Å². The van der Waals surface area contributed by atoms with Gasteiger partial charge in [-0.25, -0.2) is 0 Å². The van der Waals surface area contributed by atoms with Gasteiger partial charge in [-0.15, -0.1) is 0 Å². The lowest BCUT2D eigenvalue weighted by atomic mass is 10.0. The van der Waals surface area contributed by atoms with E-state index in [0.717, 1.165) is 0 Å². The van der Waals surface area contributed by atoms with Crippen LogP contribution < -0.4 is 0 Å². The Balaban J connectivity index is 1.70. The number of aromatic nitrogens is 2. The number of aliphatic hydroxyl groups excluding tert-OH is 1. The molecule has 82 valence electrons. The van der Waals surface area contributed by atoms with Crippen LogP contribution in [-0.4, -0.2) is 45.4 Å². The number of nitrogens with zero attached hydrogens (tertiary/aromatic N) is 3. The van der Waals surface area contributed by atoms with Gasteiger partial charge in [0.1, 0.15) is 0 Å². The molecule has 0 spiro atoms. The predicted octanol–water partition coefficient (Wildman–Crippen LogP) is -0.276. The Hall–Kier alpha value is -1.36. The molecular weight excluding hydrogens is 194 g/mol. The molecule has 1 aliphatic rings. The summed E-state index contributed by atoms with van der Waals surface area (Å²) in [5.74, 6) is 0.439. The van der Waals surface area contributed by atoms with Gasteiger partial charge in [-0.2, -0.15) is 5.10 Å². The van der Waals surface area contributed by atoms with Gasteiger partial charge in [-0.1, -0.05) is 0 Å². The van der Waals surface area contributed by atoms with Gasteiger partial charge in [0.25, 0.3) is 0 Å². The van der Waals surface area contributed by atoms with Crippen LogP contribution >= 0.6 is 0 Å². The average Bonchev–Trinajstić information content (AvgIpc) is 2.65. The van der Waals surface area contributed by atoms with E-state index in [9.17, 15) is 4.79 Å². The maximum absolute atomic E-state index is 11.6. The van der Waals surface area contributed by atoms with E-state index >= 15 is 0 Å². The summed E-state index contributed by atoms with van der Waals surface area (Å²) in [5.41, 5.74) is 0. The van der Waals surface area contributed by atoms with Crippen molar-refractivity contribution < 1.29 is 9.90 Å². The maximum Gasteiger partial charge on any atom is 0.224 e. The number of rotatable bonds is 4. The van der Waals surface area contributed by atoms with Crippen LogP contribution in [0.3, 0.4) is 0 Å². The number of amides is 1. The molecule has 0 atom stereocenters. The minimum atomic E-state index is 0.148. The first-order valence-electron chi connectivity index (χ1n) is 5.15. The molecule has 0 radical (unpaired) electrons. The zero-order chi connectivity index (χ0) is 10.7. The molecule has 5 nitrogen and oxygen atoms in total. The number of likely N-dealkylation sites (tertiary alicyclic amines) is 1. The largest absolute Gasteiger partial charge is 0.396 e. The first kappa shape index (κ1) is 10.2. The highest BCUT2D eigenvalue weighted by Crippen LogP contribution is 2.15. The highest BCUT2D eigenvalue weighted by Gasteiger charge is 2.29. The maximum atomic E-state index is 11.6. The van der Waals surface area contributed by atoms with Crippen molar-refractivity contribution in [1.29, 1.82) is 0 Å². The van der Waals surface area contributed by atoms with Crippen molar-refractivity contribution in [3.05, 3.63) is 18.5 Å². The van der Waals surface area contributed by atoms with Crippen LogP contribution in [-0.2, 0) is 11.3 Å². The summed E-state index contributed by atoms with van der Waals surface area (Å²) in [5, 5.41) is 12.8. The molecule has 1 aromatic heterocycles. The zero-order valence-electron chi connectivity index (χ0n) is 8.54. The molecule has 1 N–H and O–H groups in total. The summed E-state index contributed by atoms with van der Waals surface area (Å²) in [6, 6.07) is 1.84. The summed E-state index contributed by atoms with van der Waals surface area (Å²) in [4.78, 5) is 13.4. The number of aryl methyl sites for hydroxylation is 1.